The number of benzene rings is 2. The van der Waals surface area contributed by atoms with Gasteiger partial charge in [0.1, 0.15) is 0 Å². The third-order valence-electron chi connectivity index (χ3n) is 2.95. The van der Waals surface area contributed by atoms with Crippen LogP contribution in [-0.2, 0) is 0 Å². The molecule has 0 unspecified atom stereocenters. The molecular weight excluding hydrogens is 349 g/mol. The Morgan fingerprint density at radius 1 is 0.913 bits per heavy atom. The van der Waals surface area contributed by atoms with Crippen molar-refractivity contribution >= 4 is 40.7 Å². The molecule has 0 saturated carbocycles. The Kier molecular flexibility index (Phi) is 5.18. The molecule has 120 valence electrons. The first kappa shape index (κ1) is 17.2. The van der Waals surface area contributed by atoms with Crippen LogP contribution >= 0.6 is 23.2 Å². The van der Waals surface area contributed by atoms with E-state index in [1.54, 1.807) is 0 Å². The van der Waals surface area contributed by atoms with Crippen molar-refractivity contribution in [3.63, 3.8) is 0 Å². The summed E-state index contributed by atoms with van der Waals surface area (Å²) in [4.78, 5) is 23.8. The van der Waals surface area contributed by atoms with E-state index in [0.29, 0.717) is 12.1 Å². The lowest BCUT2D eigenvalue weighted by Crippen LogP contribution is -2.19. The maximum atomic E-state index is 13.2. The fourth-order valence-corrected chi connectivity index (χ4v) is 2.25. The molecule has 0 saturated heterocycles. The lowest BCUT2D eigenvalue weighted by atomic mass is 10.1. The van der Waals surface area contributed by atoms with Gasteiger partial charge in [0.2, 0.25) is 0 Å². The molecule has 0 radical (unpaired) electrons. The smallest absolute Gasteiger partial charge is 0.257 e. The molecule has 0 aliphatic carbocycles. The average molecular weight is 359 g/mol. The van der Waals surface area contributed by atoms with Crippen LogP contribution in [-0.4, -0.2) is 18.9 Å². The Labute approximate surface area is 140 Å². The number of halogens is 4. The SMILES string of the molecule is CNC(=O)c1cc(NC(=O)c2cc(F)c(F)cc2Cl)ccc1Cl. The standard InChI is InChI=1S/C15H10Cl2F2N2O2/c1-20-14(22)8-4-7(2-3-10(8)16)21-15(23)9-5-12(18)13(19)6-11(9)17/h2-6H,1H3,(H,20,22)(H,21,23). The second-order valence-corrected chi connectivity index (χ2v) is 5.29. The minimum Gasteiger partial charge on any atom is -0.355 e. The van der Waals surface area contributed by atoms with E-state index in [2.05, 4.69) is 10.6 Å². The fraction of sp³-hybridized carbons (Fsp3) is 0.0667. The predicted molar refractivity (Wildman–Crippen MR) is 84.2 cm³/mol. The van der Waals surface area contributed by atoms with Gasteiger partial charge in [-0.05, 0) is 30.3 Å². The molecule has 0 heterocycles. The molecule has 4 nitrogen and oxygen atoms in total. The van der Waals surface area contributed by atoms with Crippen molar-refractivity contribution in [3.05, 3.63) is 63.1 Å². The van der Waals surface area contributed by atoms with Crippen molar-refractivity contribution in [2.24, 2.45) is 0 Å². The van der Waals surface area contributed by atoms with Crippen molar-refractivity contribution in [2.75, 3.05) is 12.4 Å². The highest BCUT2D eigenvalue weighted by atomic mass is 35.5. The van der Waals surface area contributed by atoms with Gasteiger partial charge in [0.25, 0.3) is 11.8 Å². The highest BCUT2D eigenvalue weighted by molar-refractivity contribution is 6.35. The lowest BCUT2D eigenvalue weighted by Gasteiger charge is -2.10. The van der Waals surface area contributed by atoms with Crippen LogP contribution in [0.1, 0.15) is 20.7 Å². The van der Waals surface area contributed by atoms with Crippen LogP contribution in [0.5, 0.6) is 0 Å². The van der Waals surface area contributed by atoms with Gasteiger partial charge >= 0.3 is 0 Å². The average Bonchev–Trinajstić information content (AvgIpc) is 2.51. The van der Waals surface area contributed by atoms with Gasteiger partial charge in [-0.25, -0.2) is 8.78 Å². The van der Waals surface area contributed by atoms with Gasteiger partial charge in [0.15, 0.2) is 11.6 Å². The number of hydrogen-bond donors (Lipinski definition) is 2. The number of carbonyl (C=O) groups excluding carboxylic acids is 2. The summed E-state index contributed by atoms with van der Waals surface area (Å²) < 4.78 is 26.3. The number of amides is 2. The number of anilines is 1. The molecule has 0 spiro atoms. The molecule has 0 aliphatic heterocycles. The predicted octanol–water partition coefficient (Wildman–Crippen LogP) is 3.88. The van der Waals surface area contributed by atoms with Crippen molar-refractivity contribution < 1.29 is 18.4 Å². The topological polar surface area (TPSA) is 58.2 Å². The first-order valence-electron chi connectivity index (χ1n) is 6.31. The summed E-state index contributed by atoms with van der Waals surface area (Å²) in [6.45, 7) is 0. The summed E-state index contributed by atoms with van der Waals surface area (Å²) in [5, 5.41) is 4.82. The number of hydrogen-bond acceptors (Lipinski definition) is 2. The van der Waals surface area contributed by atoms with Crippen LogP contribution < -0.4 is 10.6 Å². The lowest BCUT2D eigenvalue weighted by molar-refractivity contribution is 0.0961. The number of carbonyl (C=O) groups is 2. The Balaban J connectivity index is 2.31. The van der Waals surface area contributed by atoms with E-state index in [4.69, 9.17) is 23.2 Å². The Hall–Kier alpha value is -2.18. The molecule has 8 heteroatoms. The summed E-state index contributed by atoms with van der Waals surface area (Å²) >= 11 is 11.6. The maximum Gasteiger partial charge on any atom is 0.257 e. The van der Waals surface area contributed by atoms with E-state index in [-0.39, 0.29) is 26.9 Å². The van der Waals surface area contributed by atoms with Crippen LogP contribution in [0.15, 0.2) is 30.3 Å². The van der Waals surface area contributed by atoms with Crippen molar-refractivity contribution in [1.82, 2.24) is 5.32 Å². The normalized spacial score (nSPS) is 10.3. The second kappa shape index (κ2) is 6.93. The van der Waals surface area contributed by atoms with Gasteiger partial charge < -0.3 is 10.6 Å². The summed E-state index contributed by atoms with van der Waals surface area (Å²) in [7, 11) is 1.44. The van der Waals surface area contributed by atoms with E-state index in [0.717, 1.165) is 0 Å². The quantitative estimate of drug-likeness (QED) is 0.817. The van der Waals surface area contributed by atoms with Crippen molar-refractivity contribution in [1.29, 1.82) is 0 Å². The summed E-state index contributed by atoms with van der Waals surface area (Å²) in [6.07, 6.45) is 0. The fourth-order valence-electron chi connectivity index (χ4n) is 1.81. The van der Waals surface area contributed by atoms with E-state index >= 15 is 0 Å². The summed E-state index contributed by atoms with van der Waals surface area (Å²) in [5.41, 5.74) is 0.171. The molecular formula is C15H10Cl2F2N2O2. The Morgan fingerprint density at radius 2 is 1.52 bits per heavy atom. The molecule has 2 aromatic rings. The van der Waals surface area contributed by atoms with Gasteiger partial charge in [-0.1, -0.05) is 23.2 Å². The third-order valence-corrected chi connectivity index (χ3v) is 3.59. The van der Waals surface area contributed by atoms with Crippen LogP contribution in [0, 0.1) is 11.6 Å². The maximum absolute atomic E-state index is 13.2. The summed E-state index contributed by atoms with van der Waals surface area (Å²) in [5.74, 6) is -3.53. The first-order valence-corrected chi connectivity index (χ1v) is 7.06. The molecule has 2 amide bonds. The zero-order valence-corrected chi connectivity index (χ0v) is 13.2. The van der Waals surface area contributed by atoms with Gasteiger partial charge in [0, 0.05) is 12.7 Å². The molecule has 0 aromatic heterocycles. The third kappa shape index (κ3) is 3.78. The highest BCUT2D eigenvalue weighted by Crippen LogP contribution is 2.24. The zero-order valence-electron chi connectivity index (χ0n) is 11.7. The van der Waals surface area contributed by atoms with Gasteiger partial charge in [-0.15, -0.1) is 0 Å². The largest absolute Gasteiger partial charge is 0.355 e. The highest BCUT2D eigenvalue weighted by Gasteiger charge is 2.16. The van der Waals surface area contributed by atoms with Crippen LogP contribution in [0.4, 0.5) is 14.5 Å². The van der Waals surface area contributed by atoms with Crippen molar-refractivity contribution in [2.45, 2.75) is 0 Å². The van der Waals surface area contributed by atoms with Gasteiger partial charge in [-0.3, -0.25) is 9.59 Å². The molecule has 0 aliphatic rings. The van der Waals surface area contributed by atoms with E-state index in [9.17, 15) is 18.4 Å². The van der Waals surface area contributed by atoms with Gasteiger partial charge in [0.05, 0.1) is 21.2 Å². The van der Waals surface area contributed by atoms with Crippen LogP contribution in [0.2, 0.25) is 10.0 Å². The van der Waals surface area contributed by atoms with E-state index < -0.39 is 23.4 Å². The molecule has 2 N–H and O–H groups in total. The van der Waals surface area contributed by atoms with E-state index in [1.807, 2.05) is 0 Å². The number of nitrogens with one attached hydrogen (secondary N) is 2. The Bertz CT molecular complexity index is 797. The second-order valence-electron chi connectivity index (χ2n) is 4.47. The number of rotatable bonds is 3. The first-order chi connectivity index (χ1) is 10.8. The molecule has 2 aromatic carbocycles. The zero-order chi connectivity index (χ0) is 17.1. The van der Waals surface area contributed by atoms with Crippen LogP contribution in [0.25, 0.3) is 0 Å². The van der Waals surface area contributed by atoms with Crippen LogP contribution in [0.3, 0.4) is 0 Å². The summed E-state index contributed by atoms with van der Waals surface area (Å²) in [6, 6.07) is 5.65. The molecule has 23 heavy (non-hydrogen) atoms. The van der Waals surface area contributed by atoms with Crippen molar-refractivity contribution in [3.8, 4) is 0 Å². The minimum absolute atomic E-state index is 0.156. The van der Waals surface area contributed by atoms with Gasteiger partial charge in [-0.2, -0.15) is 0 Å². The molecule has 0 atom stereocenters. The minimum atomic E-state index is -1.19. The molecule has 0 fully saturated rings. The molecule has 0 bridgehead atoms. The monoisotopic (exact) mass is 358 g/mol. The molecule has 2 rings (SSSR count). The van der Waals surface area contributed by atoms with E-state index in [1.165, 1.54) is 25.2 Å². The Morgan fingerprint density at radius 3 is 2.17 bits per heavy atom.